The predicted octanol–water partition coefficient (Wildman–Crippen LogP) is 1.82. The molecule has 7 heteroatoms. The van der Waals surface area contributed by atoms with E-state index in [1.807, 2.05) is 10.8 Å². The van der Waals surface area contributed by atoms with Crippen LogP contribution in [0.1, 0.15) is 23.9 Å². The molecule has 0 aliphatic rings. The number of rotatable bonds is 8. The highest BCUT2D eigenvalue weighted by molar-refractivity contribution is 5.91. The topological polar surface area (TPSA) is 77.6 Å². The van der Waals surface area contributed by atoms with Crippen molar-refractivity contribution in [3.05, 3.63) is 42.9 Å². The van der Waals surface area contributed by atoms with Gasteiger partial charge in [0, 0.05) is 32.0 Å². The molecule has 1 amide bonds. The number of nitrogens with zero attached hydrogens (tertiary/aromatic N) is 3. The van der Waals surface area contributed by atoms with Gasteiger partial charge in [-0.25, -0.2) is 4.98 Å². The maximum atomic E-state index is 12.5. The van der Waals surface area contributed by atoms with Crippen molar-refractivity contribution in [1.82, 2.24) is 14.5 Å². The first kappa shape index (κ1) is 16.8. The van der Waals surface area contributed by atoms with E-state index in [4.69, 9.17) is 9.15 Å². The molecule has 0 aromatic carbocycles. The third-order valence-electron chi connectivity index (χ3n) is 3.52. The number of amides is 1. The van der Waals surface area contributed by atoms with Gasteiger partial charge in [-0.1, -0.05) is 6.92 Å². The minimum atomic E-state index is -0.396. The van der Waals surface area contributed by atoms with Crippen LogP contribution in [0.25, 0.3) is 0 Å². The lowest BCUT2D eigenvalue weighted by Crippen LogP contribution is -2.38. The average Bonchev–Trinajstić information content (AvgIpc) is 3.25. The van der Waals surface area contributed by atoms with E-state index in [1.54, 1.807) is 36.5 Å². The van der Waals surface area contributed by atoms with Gasteiger partial charge in [0.25, 0.3) is 5.91 Å². The molecule has 0 saturated carbocycles. The molecule has 2 heterocycles. The Balaban J connectivity index is 1.98. The highest BCUT2D eigenvalue weighted by Gasteiger charge is 2.23. The van der Waals surface area contributed by atoms with Crippen molar-refractivity contribution in [2.45, 2.75) is 19.9 Å². The SMILES string of the molecule is COC(=O)C(C)CN(CCCn1ccnc1)C(=O)c1ccco1. The van der Waals surface area contributed by atoms with Crippen molar-refractivity contribution >= 4 is 11.9 Å². The monoisotopic (exact) mass is 319 g/mol. The molecule has 1 atom stereocenters. The van der Waals surface area contributed by atoms with E-state index < -0.39 is 5.92 Å². The van der Waals surface area contributed by atoms with Gasteiger partial charge < -0.3 is 18.6 Å². The molecule has 0 radical (unpaired) electrons. The number of aromatic nitrogens is 2. The molecule has 0 spiro atoms. The second-order valence-electron chi connectivity index (χ2n) is 5.31. The third-order valence-corrected chi connectivity index (χ3v) is 3.52. The molecule has 23 heavy (non-hydrogen) atoms. The van der Waals surface area contributed by atoms with E-state index in [9.17, 15) is 9.59 Å². The normalized spacial score (nSPS) is 11.9. The Hall–Kier alpha value is -2.57. The lowest BCUT2D eigenvalue weighted by Gasteiger charge is -2.24. The van der Waals surface area contributed by atoms with Crippen molar-refractivity contribution in [3.8, 4) is 0 Å². The summed E-state index contributed by atoms with van der Waals surface area (Å²) in [4.78, 5) is 29.7. The van der Waals surface area contributed by atoms with E-state index in [0.29, 0.717) is 6.54 Å². The summed E-state index contributed by atoms with van der Waals surface area (Å²) in [7, 11) is 1.34. The van der Waals surface area contributed by atoms with Gasteiger partial charge in [0.05, 0.1) is 25.6 Å². The van der Waals surface area contributed by atoms with Gasteiger partial charge in [-0.15, -0.1) is 0 Å². The fraction of sp³-hybridized carbons (Fsp3) is 0.438. The van der Waals surface area contributed by atoms with E-state index >= 15 is 0 Å². The third kappa shape index (κ3) is 4.70. The molecule has 0 fully saturated rings. The van der Waals surface area contributed by atoms with Gasteiger partial charge >= 0.3 is 5.97 Å². The summed E-state index contributed by atoms with van der Waals surface area (Å²) < 4.78 is 11.9. The molecule has 2 aromatic rings. The second-order valence-corrected chi connectivity index (χ2v) is 5.31. The smallest absolute Gasteiger partial charge is 0.310 e. The van der Waals surface area contributed by atoms with Gasteiger partial charge in [0.2, 0.25) is 0 Å². The van der Waals surface area contributed by atoms with Crippen LogP contribution in [0.15, 0.2) is 41.5 Å². The Morgan fingerprint density at radius 1 is 1.48 bits per heavy atom. The van der Waals surface area contributed by atoms with Crippen LogP contribution in [0.5, 0.6) is 0 Å². The number of carbonyl (C=O) groups is 2. The zero-order chi connectivity index (χ0) is 16.7. The number of aryl methyl sites for hydroxylation is 1. The fourth-order valence-electron chi connectivity index (χ4n) is 2.30. The Kier molecular flexibility index (Phi) is 5.96. The number of methoxy groups -OCH3 is 1. The number of hydrogen-bond donors (Lipinski definition) is 0. The van der Waals surface area contributed by atoms with E-state index in [1.165, 1.54) is 13.4 Å². The van der Waals surface area contributed by atoms with Crippen LogP contribution in [0.3, 0.4) is 0 Å². The van der Waals surface area contributed by atoms with E-state index in [-0.39, 0.29) is 24.2 Å². The Morgan fingerprint density at radius 2 is 2.30 bits per heavy atom. The molecule has 0 aliphatic carbocycles. The van der Waals surface area contributed by atoms with Crippen molar-refractivity contribution < 1.29 is 18.7 Å². The number of imidazole rings is 1. The van der Waals surface area contributed by atoms with Crippen molar-refractivity contribution in [2.24, 2.45) is 5.92 Å². The number of ether oxygens (including phenoxy) is 1. The molecule has 0 saturated heterocycles. The minimum Gasteiger partial charge on any atom is -0.469 e. The first-order chi connectivity index (χ1) is 11.1. The molecular weight excluding hydrogens is 298 g/mol. The van der Waals surface area contributed by atoms with Gasteiger partial charge in [-0.05, 0) is 18.6 Å². The van der Waals surface area contributed by atoms with Gasteiger partial charge in [0.1, 0.15) is 0 Å². The van der Waals surface area contributed by atoms with Gasteiger partial charge in [0.15, 0.2) is 5.76 Å². The first-order valence-electron chi connectivity index (χ1n) is 7.48. The summed E-state index contributed by atoms with van der Waals surface area (Å²) in [6.07, 6.45) is 7.52. The number of esters is 1. The van der Waals surface area contributed by atoms with Crippen LogP contribution in [0.2, 0.25) is 0 Å². The summed E-state index contributed by atoms with van der Waals surface area (Å²) in [5.41, 5.74) is 0. The zero-order valence-corrected chi connectivity index (χ0v) is 13.3. The highest BCUT2D eigenvalue weighted by atomic mass is 16.5. The van der Waals surface area contributed by atoms with Crippen molar-refractivity contribution in [3.63, 3.8) is 0 Å². The molecule has 124 valence electrons. The maximum Gasteiger partial charge on any atom is 0.310 e. The lowest BCUT2D eigenvalue weighted by molar-refractivity contribution is -0.145. The van der Waals surface area contributed by atoms with Crippen LogP contribution >= 0.6 is 0 Å². The number of hydrogen-bond acceptors (Lipinski definition) is 5. The molecule has 2 aromatic heterocycles. The Labute approximate surface area is 134 Å². The minimum absolute atomic E-state index is 0.226. The molecule has 7 nitrogen and oxygen atoms in total. The summed E-state index contributed by atoms with van der Waals surface area (Å²) in [6.45, 7) is 3.29. The molecule has 1 unspecified atom stereocenters. The average molecular weight is 319 g/mol. The van der Waals surface area contributed by atoms with Crippen LogP contribution in [-0.4, -0.2) is 46.5 Å². The summed E-state index contributed by atoms with van der Waals surface area (Å²) in [6, 6.07) is 3.29. The summed E-state index contributed by atoms with van der Waals surface area (Å²) >= 11 is 0. The lowest BCUT2D eigenvalue weighted by atomic mass is 10.1. The highest BCUT2D eigenvalue weighted by Crippen LogP contribution is 2.10. The zero-order valence-electron chi connectivity index (χ0n) is 13.3. The standard InChI is InChI=1S/C16H21N3O4/c1-13(16(21)22-2)11-19(15(20)14-5-3-10-23-14)8-4-7-18-9-6-17-12-18/h3,5-6,9-10,12-13H,4,7-8,11H2,1-2H3. The Morgan fingerprint density at radius 3 is 2.91 bits per heavy atom. The number of furan rings is 1. The van der Waals surface area contributed by atoms with E-state index in [2.05, 4.69) is 4.98 Å². The summed E-state index contributed by atoms with van der Waals surface area (Å²) in [5.74, 6) is -0.690. The van der Waals surface area contributed by atoms with Crippen molar-refractivity contribution in [1.29, 1.82) is 0 Å². The molecule has 0 bridgehead atoms. The fourth-order valence-corrected chi connectivity index (χ4v) is 2.30. The van der Waals surface area contributed by atoms with Crippen LogP contribution in [0.4, 0.5) is 0 Å². The second kappa shape index (κ2) is 8.17. The van der Waals surface area contributed by atoms with E-state index in [0.717, 1.165) is 13.0 Å². The Bertz CT molecular complexity index is 607. The van der Waals surface area contributed by atoms with Crippen molar-refractivity contribution in [2.75, 3.05) is 20.2 Å². The molecule has 0 aliphatic heterocycles. The van der Waals surface area contributed by atoms with Crippen LogP contribution < -0.4 is 0 Å². The first-order valence-corrected chi connectivity index (χ1v) is 7.48. The van der Waals surface area contributed by atoms with Gasteiger partial charge in [-0.3, -0.25) is 9.59 Å². The number of carbonyl (C=O) groups excluding carboxylic acids is 2. The molecular formula is C16H21N3O4. The predicted molar refractivity (Wildman–Crippen MR) is 82.6 cm³/mol. The quantitative estimate of drug-likeness (QED) is 0.694. The summed E-state index contributed by atoms with van der Waals surface area (Å²) in [5, 5.41) is 0. The van der Waals surface area contributed by atoms with Crippen LogP contribution in [0, 0.1) is 5.92 Å². The maximum absolute atomic E-state index is 12.5. The molecule has 0 N–H and O–H groups in total. The largest absolute Gasteiger partial charge is 0.469 e. The van der Waals surface area contributed by atoms with Gasteiger partial charge in [-0.2, -0.15) is 0 Å². The van der Waals surface area contributed by atoms with Crippen LogP contribution in [-0.2, 0) is 16.1 Å². The molecule has 2 rings (SSSR count).